The lowest BCUT2D eigenvalue weighted by Crippen LogP contribution is -2.54. The van der Waals surface area contributed by atoms with Crippen LogP contribution >= 0.6 is 0 Å². The van der Waals surface area contributed by atoms with Gasteiger partial charge in [0.15, 0.2) is 0 Å². The van der Waals surface area contributed by atoms with Gasteiger partial charge in [-0.05, 0) is 12.5 Å². The van der Waals surface area contributed by atoms with Gasteiger partial charge in [0, 0.05) is 38.1 Å². The second-order valence-electron chi connectivity index (χ2n) is 6.63. The first-order valence-electron chi connectivity index (χ1n) is 8.35. The van der Waals surface area contributed by atoms with Crippen molar-refractivity contribution in [3.05, 3.63) is 42.2 Å². The van der Waals surface area contributed by atoms with E-state index >= 15 is 0 Å². The molecular formula is C18H20N4O3. The van der Waals surface area contributed by atoms with Crippen LogP contribution in [0.25, 0.3) is 11.4 Å². The number of nitrogens with one attached hydrogen (secondary N) is 1. The monoisotopic (exact) mass is 340 g/mol. The molecule has 1 aromatic heterocycles. The molecule has 1 N–H and O–H groups in total. The van der Waals surface area contributed by atoms with E-state index in [1.165, 1.54) is 0 Å². The van der Waals surface area contributed by atoms with Crippen LogP contribution in [0.1, 0.15) is 16.8 Å². The van der Waals surface area contributed by atoms with Gasteiger partial charge in [-0.15, -0.1) is 0 Å². The lowest BCUT2D eigenvalue weighted by atomic mass is 10.0. The largest absolute Gasteiger partial charge is 0.361 e. The van der Waals surface area contributed by atoms with Crippen LogP contribution in [0.15, 0.2) is 36.7 Å². The minimum absolute atomic E-state index is 0.0315. The van der Waals surface area contributed by atoms with E-state index in [-0.39, 0.29) is 18.4 Å². The minimum atomic E-state index is -0.457. The number of aromatic nitrogens is 2. The highest BCUT2D eigenvalue weighted by atomic mass is 16.5. The molecule has 2 aromatic rings. The van der Waals surface area contributed by atoms with Crippen LogP contribution in [-0.2, 0) is 16.6 Å². The predicted octanol–water partition coefficient (Wildman–Crippen LogP) is 0.818. The first kappa shape index (κ1) is 15.8. The van der Waals surface area contributed by atoms with E-state index in [0.717, 1.165) is 17.8 Å². The normalized spacial score (nSPS) is 23.1. The van der Waals surface area contributed by atoms with Gasteiger partial charge in [0.05, 0.1) is 12.1 Å². The van der Waals surface area contributed by atoms with Crippen molar-refractivity contribution in [1.82, 2.24) is 19.8 Å². The number of aryl methyl sites for hydroxylation is 1. The number of ether oxygens (including phenoxy) is 1. The van der Waals surface area contributed by atoms with Gasteiger partial charge in [-0.1, -0.05) is 18.2 Å². The Morgan fingerprint density at radius 1 is 1.36 bits per heavy atom. The Bertz CT molecular complexity index is 819. The number of nitrogens with zero attached hydrogens (tertiary/aromatic N) is 3. The molecule has 7 nitrogen and oxygen atoms in total. The Kier molecular flexibility index (Phi) is 3.80. The van der Waals surface area contributed by atoms with Crippen LogP contribution in [-0.4, -0.2) is 58.1 Å². The zero-order valence-electron chi connectivity index (χ0n) is 14.1. The highest BCUT2D eigenvalue weighted by Crippen LogP contribution is 2.30. The SMILES string of the molecule is Cn1ccnc1-c1ccccc1C(=O)N1CCC2(CNC(=O)CO2)C1. The van der Waals surface area contributed by atoms with E-state index in [1.54, 1.807) is 11.1 Å². The smallest absolute Gasteiger partial charge is 0.254 e. The third kappa shape index (κ3) is 2.80. The standard InChI is InChI=1S/C18H20N4O3/c1-21-9-7-19-16(21)13-4-2-3-5-14(13)17(24)22-8-6-18(12-22)11-20-15(23)10-25-18/h2-5,7,9H,6,8,10-12H2,1H3,(H,20,23). The molecule has 2 aliphatic rings. The van der Waals surface area contributed by atoms with E-state index in [4.69, 9.17) is 4.74 Å². The van der Waals surface area contributed by atoms with Gasteiger partial charge in [0.2, 0.25) is 5.91 Å². The Balaban J connectivity index is 1.59. The predicted molar refractivity (Wildman–Crippen MR) is 90.9 cm³/mol. The second kappa shape index (κ2) is 6.00. The average Bonchev–Trinajstić information content (AvgIpc) is 3.24. The quantitative estimate of drug-likeness (QED) is 0.878. The molecule has 3 heterocycles. The summed E-state index contributed by atoms with van der Waals surface area (Å²) in [6.07, 6.45) is 4.31. The molecule has 2 saturated heterocycles. The third-order valence-electron chi connectivity index (χ3n) is 4.94. The van der Waals surface area contributed by atoms with Crippen LogP contribution in [0, 0.1) is 0 Å². The lowest BCUT2D eigenvalue weighted by Gasteiger charge is -2.33. The summed E-state index contributed by atoms with van der Waals surface area (Å²) in [5.41, 5.74) is 0.995. The van der Waals surface area contributed by atoms with E-state index in [2.05, 4.69) is 10.3 Å². The van der Waals surface area contributed by atoms with Crippen molar-refractivity contribution in [3.63, 3.8) is 0 Å². The molecule has 4 rings (SSSR count). The molecule has 1 aromatic carbocycles. The first-order valence-corrected chi connectivity index (χ1v) is 8.35. The number of morpholine rings is 1. The van der Waals surface area contributed by atoms with Crippen molar-refractivity contribution in [2.75, 3.05) is 26.2 Å². The maximum absolute atomic E-state index is 13.1. The van der Waals surface area contributed by atoms with Crippen LogP contribution in [0.5, 0.6) is 0 Å². The molecule has 1 unspecified atom stereocenters. The Morgan fingerprint density at radius 3 is 2.92 bits per heavy atom. The number of hydrogen-bond donors (Lipinski definition) is 1. The van der Waals surface area contributed by atoms with Crippen molar-refractivity contribution in [2.45, 2.75) is 12.0 Å². The molecule has 7 heteroatoms. The van der Waals surface area contributed by atoms with Gasteiger partial charge in [-0.2, -0.15) is 0 Å². The van der Waals surface area contributed by atoms with Crippen LogP contribution in [0.2, 0.25) is 0 Å². The average molecular weight is 340 g/mol. The van der Waals surface area contributed by atoms with Crippen molar-refractivity contribution in [1.29, 1.82) is 0 Å². The molecule has 2 fully saturated rings. The van der Waals surface area contributed by atoms with Gasteiger partial charge in [-0.3, -0.25) is 9.59 Å². The van der Waals surface area contributed by atoms with Gasteiger partial charge in [0.25, 0.3) is 5.91 Å². The Labute approximate surface area is 145 Å². The maximum Gasteiger partial charge on any atom is 0.254 e. The molecule has 25 heavy (non-hydrogen) atoms. The number of rotatable bonds is 2. The van der Waals surface area contributed by atoms with Gasteiger partial charge in [0.1, 0.15) is 18.0 Å². The number of likely N-dealkylation sites (tertiary alicyclic amines) is 1. The summed E-state index contributed by atoms with van der Waals surface area (Å²) in [6, 6.07) is 7.52. The summed E-state index contributed by atoms with van der Waals surface area (Å²) in [4.78, 5) is 30.6. The molecule has 0 aliphatic carbocycles. The number of carbonyl (C=O) groups excluding carboxylic acids is 2. The number of hydrogen-bond acceptors (Lipinski definition) is 4. The fraction of sp³-hybridized carbons (Fsp3) is 0.389. The summed E-state index contributed by atoms with van der Waals surface area (Å²) in [7, 11) is 1.91. The lowest BCUT2D eigenvalue weighted by molar-refractivity contribution is -0.141. The fourth-order valence-electron chi connectivity index (χ4n) is 3.52. The zero-order chi connectivity index (χ0) is 17.4. The minimum Gasteiger partial charge on any atom is -0.361 e. The van der Waals surface area contributed by atoms with Crippen LogP contribution in [0.3, 0.4) is 0 Å². The number of imidazole rings is 1. The molecule has 2 aliphatic heterocycles. The highest BCUT2D eigenvalue weighted by Gasteiger charge is 2.44. The third-order valence-corrected chi connectivity index (χ3v) is 4.94. The van der Waals surface area contributed by atoms with Crippen molar-refractivity contribution < 1.29 is 14.3 Å². The molecule has 130 valence electrons. The summed E-state index contributed by atoms with van der Waals surface area (Å²) in [6.45, 7) is 1.62. The summed E-state index contributed by atoms with van der Waals surface area (Å²) < 4.78 is 7.65. The van der Waals surface area contributed by atoms with Crippen LogP contribution < -0.4 is 5.32 Å². The zero-order valence-corrected chi connectivity index (χ0v) is 14.1. The summed E-state index contributed by atoms with van der Waals surface area (Å²) in [5.74, 6) is 0.630. The Hall–Kier alpha value is -2.67. The van der Waals surface area contributed by atoms with Gasteiger partial charge < -0.3 is 19.5 Å². The maximum atomic E-state index is 13.1. The van der Waals surface area contributed by atoms with Crippen molar-refractivity contribution in [3.8, 4) is 11.4 Å². The van der Waals surface area contributed by atoms with Gasteiger partial charge in [-0.25, -0.2) is 4.98 Å². The van der Waals surface area contributed by atoms with Crippen molar-refractivity contribution >= 4 is 11.8 Å². The molecule has 1 atom stereocenters. The first-order chi connectivity index (χ1) is 12.1. The molecular weight excluding hydrogens is 320 g/mol. The van der Waals surface area contributed by atoms with E-state index in [0.29, 0.717) is 25.2 Å². The Morgan fingerprint density at radius 2 is 2.20 bits per heavy atom. The second-order valence-corrected chi connectivity index (χ2v) is 6.63. The van der Waals surface area contributed by atoms with Gasteiger partial charge >= 0.3 is 0 Å². The van der Waals surface area contributed by atoms with E-state index in [9.17, 15) is 9.59 Å². The number of amides is 2. The van der Waals surface area contributed by atoms with Crippen molar-refractivity contribution in [2.24, 2.45) is 7.05 Å². The molecule has 0 radical (unpaired) electrons. The topological polar surface area (TPSA) is 76.5 Å². The summed E-state index contributed by atoms with van der Waals surface area (Å²) >= 11 is 0. The number of carbonyl (C=O) groups is 2. The molecule has 1 spiro atoms. The highest BCUT2D eigenvalue weighted by molar-refractivity contribution is 6.00. The van der Waals surface area contributed by atoms with E-state index < -0.39 is 5.60 Å². The fourth-order valence-corrected chi connectivity index (χ4v) is 3.52. The molecule has 0 saturated carbocycles. The molecule has 2 amide bonds. The molecule has 0 bridgehead atoms. The van der Waals surface area contributed by atoms with Crippen LogP contribution in [0.4, 0.5) is 0 Å². The number of benzene rings is 1. The van der Waals surface area contributed by atoms with E-state index in [1.807, 2.05) is 42.1 Å². The summed E-state index contributed by atoms with van der Waals surface area (Å²) in [5, 5.41) is 2.84.